The maximum absolute atomic E-state index is 12.9. The summed E-state index contributed by atoms with van der Waals surface area (Å²) in [7, 11) is 0. The van der Waals surface area contributed by atoms with Gasteiger partial charge >= 0.3 is 0 Å². The Bertz CT molecular complexity index is 1310. The molecule has 9 nitrogen and oxygen atoms in total. The first kappa shape index (κ1) is 26.0. The number of pyridine rings is 1. The number of nitrogens with one attached hydrogen (secondary N) is 1. The number of carbonyl (C=O) groups is 2. The van der Waals surface area contributed by atoms with E-state index in [2.05, 4.69) is 50.4 Å². The van der Waals surface area contributed by atoms with Crippen molar-refractivity contribution in [2.24, 2.45) is 0 Å². The molecule has 200 valence electrons. The van der Waals surface area contributed by atoms with E-state index in [1.807, 2.05) is 30.0 Å². The first-order valence-electron chi connectivity index (χ1n) is 13.5. The number of hydrogen-bond acceptors (Lipinski definition) is 6. The van der Waals surface area contributed by atoms with E-state index in [1.165, 1.54) is 0 Å². The second kappa shape index (κ2) is 10.6. The summed E-state index contributed by atoms with van der Waals surface area (Å²) >= 11 is 0. The van der Waals surface area contributed by atoms with Crippen LogP contribution in [0.15, 0.2) is 42.8 Å². The second-order valence-electron chi connectivity index (χ2n) is 11.2. The molecule has 38 heavy (non-hydrogen) atoms. The average Bonchev–Trinajstić information content (AvgIpc) is 3.63. The van der Waals surface area contributed by atoms with Crippen molar-refractivity contribution in [2.45, 2.75) is 65.0 Å². The van der Waals surface area contributed by atoms with Gasteiger partial charge in [0, 0.05) is 50.0 Å². The fraction of sp³-hybridized carbons (Fsp3) is 0.483. The molecular formula is C29H37N7O2. The topological polar surface area (TPSA) is 96.2 Å². The van der Waals surface area contributed by atoms with Crippen LogP contribution in [0, 0.1) is 0 Å². The van der Waals surface area contributed by atoms with Crippen molar-refractivity contribution in [3.8, 4) is 0 Å². The first-order chi connectivity index (χ1) is 18.2. The van der Waals surface area contributed by atoms with Crippen molar-refractivity contribution in [3.63, 3.8) is 0 Å². The summed E-state index contributed by atoms with van der Waals surface area (Å²) in [5.74, 6) is 1.79. The Kier molecular flexibility index (Phi) is 7.29. The summed E-state index contributed by atoms with van der Waals surface area (Å²) in [6.45, 7) is 14.0. The van der Waals surface area contributed by atoms with E-state index in [9.17, 15) is 9.59 Å². The molecule has 3 aliphatic heterocycles. The molecule has 0 bridgehead atoms. The van der Waals surface area contributed by atoms with Gasteiger partial charge in [-0.3, -0.25) is 19.5 Å². The Labute approximate surface area is 224 Å². The summed E-state index contributed by atoms with van der Waals surface area (Å²) in [5.41, 5.74) is 4.01. The lowest BCUT2D eigenvalue weighted by Gasteiger charge is -2.29. The molecule has 3 aliphatic rings. The normalized spacial score (nSPS) is 19.0. The van der Waals surface area contributed by atoms with Gasteiger partial charge in [0.25, 0.3) is 5.91 Å². The Balaban J connectivity index is 1.18. The number of carbonyl (C=O) groups excluding carboxylic acids is 2. The lowest BCUT2D eigenvalue weighted by Crippen LogP contribution is -2.41. The van der Waals surface area contributed by atoms with Gasteiger partial charge in [0.05, 0.1) is 6.54 Å². The molecule has 1 fully saturated rings. The number of amides is 2. The molecule has 2 aromatic rings. The van der Waals surface area contributed by atoms with E-state index >= 15 is 0 Å². The van der Waals surface area contributed by atoms with E-state index in [1.54, 1.807) is 12.3 Å². The first-order valence-corrected chi connectivity index (χ1v) is 13.5. The Hall–Kier alpha value is -3.59. The molecule has 2 amide bonds. The van der Waals surface area contributed by atoms with Crippen LogP contribution < -0.4 is 5.32 Å². The molecule has 0 radical (unpaired) electrons. The molecule has 1 saturated heterocycles. The monoisotopic (exact) mass is 515 g/mol. The van der Waals surface area contributed by atoms with Crippen molar-refractivity contribution < 1.29 is 9.59 Å². The van der Waals surface area contributed by atoms with Crippen LogP contribution in [-0.2, 0) is 29.7 Å². The van der Waals surface area contributed by atoms with Crippen molar-refractivity contribution in [2.75, 3.05) is 26.2 Å². The lowest BCUT2D eigenvalue weighted by atomic mass is 10.0. The standard InChI is InChI=1S/C29H37N7O2/c1-20(27-33-32-25-10-12-29(3,4)36(25)27)8-7-9-21(2)31-28(38)24-16-23-18-34(15-11-22(23)17-30-24)19-26(37)35-13-5-6-14-35/h7-9,16-17H,2,5-6,10-15,18-19H2,1,3-4H3,(H,31,38)/b9-7-,20-8+. The van der Waals surface area contributed by atoms with E-state index in [0.29, 0.717) is 24.5 Å². The molecule has 0 aromatic carbocycles. The molecule has 2 aromatic heterocycles. The van der Waals surface area contributed by atoms with E-state index < -0.39 is 0 Å². The third-order valence-electron chi connectivity index (χ3n) is 7.79. The number of likely N-dealkylation sites (tertiary alicyclic amines) is 1. The number of hydrogen-bond donors (Lipinski definition) is 1. The number of allylic oxidation sites excluding steroid dienone is 4. The van der Waals surface area contributed by atoms with Gasteiger partial charge in [0.2, 0.25) is 5.91 Å². The molecule has 5 heterocycles. The molecule has 5 rings (SSSR count). The zero-order valence-electron chi connectivity index (χ0n) is 22.7. The fourth-order valence-electron chi connectivity index (χ4n) is 5.55. The highest BCUT2D eigenvalue weighted by Gasteiger charge is 2.33. The van der Waals surface area contributed by atoms with Gasteiger partial charge in [-0.15, -0.1) is 10.2 Å². The highest BCUT2D eigenvalue weighted by molar-refractivity contribution is 5.93. The van der Waals surface area contributed by atoms with E-state index in [-0.39, 0.29) is 17.4 Å². The summed E-state index contributed by atoms with van der Waals surface area (Å²) in [5, 5.41) is 11.5. The van der Waals surface area contributed by atoms with Crippen LogP contribution in [0.25, 0.3) is 5.57 Å². The number of nitrogens with zero attached hydrogens (tertiary/aromatic N) is 6. The van der Waals surface area contributed by atoms with Gasteiger partial charge in [-0.1, -0.05) is 18.7 Å². The maximum Gasteiger partial charge on any atom is 0.274 e. The van der Waals surface area contributed by atoms with Gasteiger partial charge in [-0.2, -0.15) is 0 Å². The van der Waals surface area contributed by atoms with Crippen molar-refractivity contribution in [1.29, 1.82) is 0 Å². The van der Waals surface area contributed by atoms with Crippen LogP contribution in [-0.4, -0.2) is 67.5 Å². The predicted octanol–water partition coefficient (Wildman–Crippen LogP) is 3.24. The fourth-order valence-corrected chi connectivity index (χ4v) is 5.55. The molecule has 0 aliphatic carbocycles. The minimum atomic E-state index is -0.301. The maximum atomic E-state index is 12.9. The van der Waals surface area contributed by atoms with E-state index in [4.69, 9.17) is 0 Å². The van der Waals surface area contributed by atoms with Crippen LogP contribution in [0.2, 0.25) is 0 Å². The van der Waals surface area contributed by atoms with Crippen LogP contribution in [0.3, 0.4) is 0 Å². The molecule has 0 spiro atoms. The van der Waals surface area contributed by atoms with Crippen LogP contribution in [0.1, 0.15) is 73.3 Å². The number of fused-ring (bicyclic) bond motifs is 2. The summed E-state index contributed by atoms with van der Waals surface area (Å²) < 4.78 is 2.22. The van der Waals surface area contributed by atoms with Gasteiger partial charge in [0.15, 0.2) is 5.82 Å². The number of rotatable bonds is 7. The Morgan fingerprint density at radius 2 is 1.92 bits per heavy atom. The smallest absolute Gasteiger partial charge is 0.274 e. The van der Waals surface area contributed by atoms with E-state index in [0.717, 1.165) is 80.1 Å². The van der Waals surface area contributed by atoms with Gasteiger partial charge < -0.3 is 14.8 Å². The van der Waals surface area contributed by atoms with Crippen LogP contribution in [0.5, 0.6) is 0 Å². The Morgan fingerprint density at radius 3 is 2.71 bits per heavy atom. The van der Waals surface area contributed by atoms with Crippen molar-refractivity contribution >= 4 is 17.4 Å². The van der Waals surface area contributed by atoms with Crippen LogP contribution >= 0.6 is 0 Å². The second-order valence-corrected chi connectivity index (χ2v) is 11.2. The summed E-state index contributed by atoms with van der Waals surface area (Å²) in [6.07, 6.45) is 12.4. The minimum Gasteiger partial charge on any atom is -0.342 e. The highest BCUT2D eigenvalue weighted by atomic mass is 16.2. The lowest BCUT2D eigenvalue weighted by molar-refractivity contribution is -0.131. The summed E-state index contributed by atoms with van der Waals surface area (Å²) in [6, 6.07) is 1.84. The molecule has 0 atom stereocenters. The molecule has 9 heteroatoms. The SMILES string of the molecule is C=C(/C=C\C=C(/C)c1nnc2n1C(C)(C)CC2)NC(=O)c1cc2c(cn1)CCN(CC(=O)N1CCCC1)C2. The average molecular weight is 516 g/mol. The number of aromatic nitrogens is 4. The number of aryl methyl sites for hydroxylation is 1. The summed E-state index contributed by atoms with van der Waals surface area (Å²) in [4.78, 5) is 33.9. The largest absolute Gasteiger partial charge is 0.342 e. The minimum absolute atomic E-state index is 0.00682. The van der Waals surface area contributed by atoms with Crippen molar-refractivity contribution in [1.82, 2.24) is 34.9 Å². The zero-order chi connectivity index (χ0) is 26.9. The van der Waals surface area contributed by atoms with Gasteiger partial charge in [0.1, 0.15) is 11.5 Å². The molecule has 1 N–H and O–H groups in total. The van der Waals surface area contributed by atoms with Crippen LogP contribution in [0.4, 0.5) is 0 Å². The van der Waals surface area contributed by atoms with Gasteiger partial charge in [-0.05, 0) is 75.3 Å². The third kappa shape index (κ3) is 5.48. The van der Waals surface area contributed by atoms with Crippen molar-refractivity contribution in [3.05, 3.63) is 71.2 Å². The quantitative estimate of drug-likeness (QED) is 0.569. The zero-order valence-corrected chi connectivity index (χ0v) is 22.7. The third-order valence-corrected chi connectivity index (χ3v) is 7.79. The Morgan fingerprint density at radius 1 is 1.13 bits per heavy atom. The molecule has 0 saturated carbocycles. The molecular weight excluding hydrogens is 478 g/mol. The van der Waals surface area contributed by atoms with Gasteiger partial charge in [-0.25, -0.2) is 0 Å². The molecule has 0 unspecified atom stereocenters. The predicted molar refractivity (Wildman–Crippen MR) is 146 cm³/mol. The highest BCUT2D eigenvalue weighted by Crippen LogP contribution is 2.33.